The van der Waals surface area contributed by atoms with Crippen molar-refractivity contribution in [1.29, 1.82) is 0 Å². The van der Waals surface area contributed by atoms with Crippen LogP contribution in [0.1, 0.15) is 18.4 Å². The number of nitrogens with two attached hydrogens (primary N) is 1. The van der Waals surface area contributed by atoms with Crippen LogP contribution in [-0.4, -0.2) is 18.0 Å². The van der Waals surface area contributed by atoms with Gasteiger partial charge in [-0.05, 0) is 25.0 Å². The molecule has 0 heterocycles. The molecule has 0 saturated heterocycles. The number of hydrogen-bond donors (Lipinski definition) is 2. The highest BCUT2D eigenvalue weighted by Crippen LogP contribution is 2.16. The van der Waals surface area contributed by atoms with Crippen molar-refractivity contribution in [2.75, 3.05) is 0 Å². The van der Waals surface area contributed by atoms with Gasteiger partial charge in [-0.15, -0.1) is 0 Å². The number of amides is 1. The van der Waals surface area contributed by atoms with Gasteiger partial charge in [0, 0.05) is 23.6 Å². The van der Waals surface area contributed by atoms with E-state index < -0.39 is 0 Å². The van der Waals surface area contributed by atoms with E-state index in [1.54, 1.807) is 0 Å². The molecule has 1 aromatic rings. The van der Waals surface area contributed by atoms with Crippen LogP contribution in [0.15, 0.2) is 30.3 Å². The zero-order valence-corrected chi connectivity index (χ0v) is 8.94. The lowest BCUT2D eigenvalue weighted by molar-refractivity contribution is -0.116. The molecule has 16 heavy (non-hydrogen) atoms. The van der Waals surface area contributed by atoms with E-state index in [2.05, 4.69) is 17.2 Å². The minimum absolute atomic E-state index is 0.215. The largest absolute Gasteiger partial charge is 0.342 e. The summed E-state index contributed by atoms with van der Waals surface area (Å²) in [4.78, 5) is 11.4. The van der Waals surface area contributed by atoms with Crippen LogP contribution < -0.4 is 11.1 Å². The Balaban J connectivity index is 1.86. The Morgan fingerprint density at radius 1 is 1.31 bits per heavy atom. The Kier molecular flexibility index (Phi) is 3.23. The average molecular weight is 214 g/mol. The topological polar surface area (TPSA) is 55.1 Å². The quantitative estimate of drug-likeness (QED) is 0.674. The molecule has 1 aliphatic carbocycles. The SMILES string of the molecule is NC1CC(NC(=O)C#Cc2ccccc2)C1. The van der Waals surface area contributed by atoms with E-state index in [1.165, 1.54) is 0 Å². The zero-order chi connectivity index (χ0) is 11.4. The van der Waals surface area contributed by atoms with Gasteiger partial charge in [-0.3, -0.25) is 4.79 Å². The van der Waals surface area contributed by atoms with E-state index in [9.17, 15) is 4.79 Å². The summed E-state index contributed by atoms with van der Waals surface area (Å²) in [5.41, 5.74) is 6.47. The third-order valence-corrected chi connectivity index (χ3v) is 2.60. The van der Waals surface area contributed by atoms with Crippen LogP contribution in [0.2, 0.25) is 0 Å². The highest BCUT2D eigenvalue weighted by atomic mass is 16.1. The summed E-state index contributed by atoms with van der Waals surface area (Å²) in [5, 5.41) is 2.82. The molecule has 0 aromatic heterocycles. The van der Waals surface area contributed by atoms with Gasteiger partial charge in [0.25, 0.3) is 5.91 Å². The van der Waals surface area contributed by atoms with Crippen LogP contribution in [-0.2, 0) is 4.79 Å². The molecular weight excluding hydrogens is 200 g/mol. The number of carbonyl (C=O) groups excluding carboxylic acids is 1. The molecule has 1 fully saturated rings. The Bertz CT molecular complexity index is 424. The van der Waals surface area contributed by atoms with Crippen molar-refractivity contribution < 1.29 is 4.79 Å². The minimum atomic E-state index is -0.222. The lowest BCUT2D eigenvalue weighted by Gasteiger charge is -2.32. The predicted octanol–water partition coefficient (Wildman–Crippen LogP) is 0.644. The van der Waals surface area contributed by atoms with E-state index in [-0.39, 0.29) is 18.0 Å². The molecule has 1 saturated carbocycles. The maximum absolute atomic E-state index is 11.4. The molecule has 1 aliphatic rings. The molecule has 2 rings (SSSR count). The number of carbonyl (C=O) groups is 1. The standard InChI is InChI=1S/C13H14N2O/c14-11-8-12(9-11)15-13(16)7-6-10-4-2-1-3-5-10/h1-5,11-12H,8-9,14H2,(H,15,16). The third-order valence-electron chi connectivity index (χ3n) is 2.60. The maximum Gasteiger partial charge on any atom is 0.296 e. The average Bonchev–Trinajstić information content (AvgIpc) is 2.26. The molecule has 0 unspecified atom stereocenters. The highest BCUT2D eigenvalue weighted by Gasteiger charge is 2.26. The van der Waals surface area contributed by atoms with Gasteiger partial charge in [-0.2, -0.15) is 0 Å². The molecule has 1 aromatic carbocycles. The second-order valence-electron chi connectivity index (χ2n) is 4.02. The second kappa shape index (κ2) is 4.82. The fourth-order valence-electron chi connectivity index (χ4n) is 1.65. The van der Waals surface area contributed by atoms with Crippen molar-refractivity contribution in [3.05, 3.63) is 35.9 Å². The zero-order valence-electron chi connectivity index (χ0n) is 8.94. The van der Waals surface area contributed by atoms with Crippen molar-refractivity contribution in [3.63, 3.8) is 0 Å². The molecule has 0 aliphatic heterocycles. The fourth-order valence-corrected chi connectivity index (χ4v) is 1.65. The van der Waals surface area contributed by atoms with Gasteiger partial charge in [0.15, 0.2) is 0 Å². The summed E-state index contributed by atoms with van der Waals surface area (Å²) < 4.78 is 0. The van der Waals surface area contributed by atoms with Crippen LogP contribution in [0.3, 0.4) is 0 Å². The first kappa shape index (κ1) is 10.7. The highest BCUT2D eigenvalue weighted by molar-refractivity contribution is 5.94. The van der Waals surface area contributed by atoms with E-state index in [0.29, 0.717) is 0 Å². The molecule has 82 valence electrons. The lowest BCUT2D eigenvalue weighted by atomic mass is 9.88. The van der Waals surface area contributed by atoms with Crippen molar-refractivity contribution in [2.24, 2.45) is 5.73 Å². The Morgan fingerprint density at radius 2 is 2.00 bits per heavy atom. The number of rotatable bonds is 1. The van der Waals surface area contributed by atoms with E-state index >= 15 is 0 Å². The van der Waals surface area contributed by atoms with Gasteiger partial charge in [0.05, 0.1) is 0 Å². The Labute approximate surface area is 95.0 Å². The number of hydrogen-bond acceptors (Lipinski definition) is 2. The van der Waals surface area contributed by atoms with Crippen LogP contribution in [0.4, 0.5) is 0 Å². The summed E-state index contributed by atoms with van der Waals surface area (Å²) >= 11 is 0. The molecule has 3 heteroatoms. The molecule has 0 atom stereocenters. The number of nitrogens with one attached hydrogen (secondary N) is 1. The van der Waals surface area contributed by atoms with Gasteiger partial charge >= 0.3 is 0 Å². The van der Waals surface area contributed by atoms with Crippen LogP contribution in [0.25, 0.3) is 0 Å². The van der Waals surface area contributed by atoms with Gasteiger partial charge in [-0.1, -0.05) is 24.1 Å². The molecule has 3 nitrogen and oxygen atoms in total. The Hall–Kier alpha value is -1.79. The van der Waals surface area contributed by atoms with E-state index in [1.807, 2.05) is 30.3 Å². The maximum atomic E-state index is 11.4. The number of benzene rings is 1. The van der Waals surface area contributed by atoms with Crippen LogP contribution in [0.5, 0.6) is 0 Å². The second-order valence-corrected chi connectivity index (χ2v) is 4.02. The third kappa shape index (κ3) is 2.85. The molecule has 0 bridgehead atoms. The summed E-state index contributed by atoms with van der Waals surface area (Å²) in [6.07, 6.45) is 1.72. The summed E-state index contributed by atoms with van der Waals surface area (Å²) in [6.45, 7) is 0. The first-order valence-corrected chi connectivity index (χ1v) is 5.37. The summed E-state index contributed by atoms with van der Waals surface area (Å²) in [5.74, 6) is 5.17. The Morgan fingerprint density at radius 3 is 2.62 bits per heavy atom. The van der Waals surface area contributed by atoms with Crippen molar-refractivity contribution in [2.45, 2.75) is 24.9 Å². The van der Waals surface area contributed by atoms with Gasteiger partial charge in [0.1, 0.15) is 0 Å². The molecular formula is C13H14N2O. The van der Waals surface area contributed by atoms with Gasteiger partial charge in [-0.25, -0.2) is 0 Å². The van der Waals surface area contributed by atoms with Crippen molar-refractivity contribution in [1.82, 2.24) is 5.32 Å². The first-order chi connectivity index (χ1) is 7.74. The summed E-state index contributed by atoms with van der Waals surface area (Å²) in [6, 6.07) is 9.92. The van der Waals surface area contributed by atoms with E-state index in [4.69, 9.17) is 5.73 Å². The molecule has 0 spiro atoms. The normalized spacial score (nSPS) is 22.6. The molecule has 1 amide bonds. The van der Waals surface area contributed by atoms with Crippen LogP contribution in [0, 0.1) is 11.8 Å². The van der Waals surface area contributed by atoms with Crippen molar-refractivity contribution in [3.8, 4) is 11.8 Å². The summed E-state index contributed by atoms with van der Waals surface area (Å²) in [7, 11) is 0. The predicted molar refractivity (Wildman–Crippen MR) is 62.5 cm³/mol. The van der Waals surface area contributed by atoms with Gasteiger partial charge < -0.3 is 11.1 Å². The minimum Gasteiger partial charge on any atom is -0.342 e. The van der Waals surface area contributed by atoms with E-state index in [0.717, 1.165) is 18.4 Å². The van der Waals surface area contributed by atoms with Gasteiger partial charge in [0.2, 0.25) is 0 Å². The smallest absolute Gasteiger partial charge is 0.296 e. The van der Waals surface area contributed by atoms with Crippen LogP contribution >= 0.6 is 0 Å². The lowest BCUT2D eigenvalue weighted by Crippen LogP contribution is -2.50. The molecule has 0 radical (unpaired) electrons. The monoisotopic (exact) mass is 214 g/mol. The molecule has 3 N–H and O–H groups in total. The first-order valence-electron chi connectivity index (χ1n) is 5.37. The fraction of sp³-hybridized carbons (Fsp3) is 0.308. The van der Waals surface area contributed by atoms with Crippen molar-refractivity contribution >= 4 is 5.91 Å².